The molecule has 1 aliphatic carbocycles. The largest absolute Gasteiger partial charge is 0.267 e. The van der Waals surface area contributed by atoms with Crippen LogP contribution < -0.4 is 4.72 Å². The molecule has 1 saturated carbocycles. The third-order valence-electron chi connectivity index (χ3n) is 5.31. The van der Waals surface area contributed by atoms with Crippen LogP contribution in [0.3, 0.4) is 0 Å². The van der Waals surface area contributed by atoms with E-state index >= 15 is 0 Å². The first-order chi connectivity index (χ1) is 13.9. The summed E-state index contributed by atoms with van der Waals surface area (Å²) >= 11 is 12.3. The standard InChI is InChI=1S/C21H21Cl2N3O2S/c22-18-8-7-17(20(23)11-18)12-21(9-4-10-21)25-29(27,28)19-13-24-26(15-19)14-16-5-2-1-3-6-16/h1-3,5-8,11,13,15,25H,4,9-10,12,14H2. The summed E-state index contributed by atoms with van der Waals surface area (Å²) in [6, 6.07) is 15.1. The summed E-state index contributed by atoms with van der Waals surface area (Å²) in [7, 11) is -3.69. The molecule has 29 heavy (non-hydrogen) atoms. The van der Waals surface area contributed by atoms with E-state index in [9.17, 15) is 8.42 Å². The van der Waals surface area contributed by atoms with Crippen LogP contribution in [-0.4, -0.2) is 23.7 Å². The van der Waals surface area contributed by atoms with Gasteiger partial charge in [0, 0.05) is 21.8 Å². The number of hydrogen-bond acceptors (Lipinski definition) is 3. The van der Waals surface area contributed by atoms with Gasteiger partial charge in [-0.1, -0.05) is 59.6 Å². The normalized spacial score (nSPS) is 15.8. The van der Waals surface area contributed by atoms with Crippen molar-refractivity contribution < 1.29 is 8.42 Å². The Kier molecular flexibility index (Phi) is 5.71. The van der Waals surface area contributed by atoms with Crippen molar-refractivity contribution in [3.05, 3.63) is 82.1 Å². The lowest BCUT2D eigenvalue weighted by Crippen LogP contribution is -2.54. The van der Waals surface area contributed by atoms with Crippen molar-refractivity contribution in [2.24, 2.45) is 0 Å². The molecule has 0 atom stereocenters. The molecule has 0 bridgehead atoms. The first-order valence-electron chi connectivity index (χ1n) is 9.40. The Labute approximate surface area is 180 Å². The number of rotatable bonds is 7. The van der Waals surface area contributed by atoms with Crippen molar-refractivity contribution in [1.82, 2.24) is 14.5 Å². The highest BCUT2D eigenvalue weighted by Crippen LogP contribution is 2.38. The Morgan fingerprint density at radius 2 is 1.86 bits per heavy atom. The second kappa shape index (κ2) is 8.11. The molecule has 1 N–H and O–H groups in total. The lowest BCUT2D eigenvalue weighted by molar-refractivity contribution is 0.220. The predicted molar refractivity (Wildman–Crippen MR) is 115 cm³/mol. The molecular weight excluding hydrogens is 429 g/mol. The molecular formula is C21H21Cl2N3O2S. The van der Waals surface area contributed by atoms with Gasteiger partial charge in [0.25, 0.3) is 0 Å². The third kappa shape index (κ3) is 4.67. The van der Waals surface area contributed by atoms with Crippen LogP contribution in [0, 0.1) is 0 Å². The van der Waals surface area contributed by atoms with Gasteiger partial charge in [-0.2, -0.15) is 5.10 Å². The Morgan fingerprint density at radius 3 is 2.52 bits per heavy atom. The van der Waals surface area contributed by atoms with Crippen LogP contribution in [0.25, 0.3) is 0 Å². The van der Waals surface area contributed by atoms with Gasteiger partial charge in [-0.15, -0.1) is 0 Å². The smallest absolute Gasteiger partial charge is 0.244 e. The number of halogens is 2. The molecule has 0 aliphatic heterocycles. The van der Waals surface area contributed by atoms with Gasteiger partial charge in [-0.3, -0.25) is 4.68 Å². The van der Waals surface area contributed by atoms with E-state index in [4.69, 9.17) is 23.2 Å². The molecule has 152 valence electrons. The Balaban J connectivity index is 1.51. The topological polar surface area (TPSA) is 64.0 Å². The van der Waals surface area contributed by atoms with Crippen LogP contribution in [0.15, 0.2) is 65.8 Å². The van der Waals surface area contributed by atoms with E-state index in [1.54, 1.807) is 23.0 Å². The number of benzene rings is 2. The summed E-state index contributed by atoms with van der Waals surface area (Å²) in [5.41, 5.74) is 1.41. The summed E-state index contributed by atoms with van der Waals surface area (Å²) in [5.74, 6) is 0. The van der Waals surface area contributed by atoms with Crippen LogP contribution in [0.4, 0.5) is 0 Å². The maximum atomic E-state index is 13.0. The van der Waals surface area contributed by atoms with E-state index in [0.29, 0.717) is 23.0 Å². The molecule has 3 aromatic rings. The van der Waals surface area contributed by atoms with Gasteiger partial charge in [0.05, 0.1) is 12.7 Å². The third-order valence-corrected chi connectivity index (χ3v) is 7.43. The fourth-order valence-corrected chi connectivity index (χ4v) is 5.52. The number of hydrogen-bond donors (Lipinski definition) is 1. The molecule has 0 amide bonds. The fraction of sp³-hybridized carbons (Fsp3) is 0.286. The molecule has 1 heterocycles. The van der Waals surface area contributed by atoms with E-state index in [2.05, 4.69) is 9.82 Å². The van der Waals surface area contributed by atoms with Crippen LogP contribution in [0.1, 0.15) is 30.4 Å². The molecule has 0 spiro atoms. The highest BCUT2D eigenvalue weighted by Gasteiger charge is 2.41. The van der Waals surface area contributed by atoms with E-state index in [0.717, 1.165) is 30.4 Å². The average molecular weight is 450 g/mol. The molecule has 4 rings (SSSR count). The number of nitrogens with zero attached hydrogens (tertiary/aromatic N) is 2. The number of aromatic nitrogens is 2. The quantitative estimate of drug-likeness (QED) is 0.569. The van der Waals surface area contributed by atoms with Gasteiger partial charge in [-0.25, -0.2) is 13.1 Å². The molecule has 0 radical (unpaired) electrons. The Hall–Kier alpha value is -1.86. The van der Waals surface area contributed by atoms with Crippen molar-refractivity contribution in [1.29, 1.82) is 0 Å². The van der Waals surface area contributed by atoms with Gasteiger partial charge in [0.2, 0.25) is 10.0 Å². The van der Waals surface area contributed by atoms with Crippen molar-refractivity contribution in [2.45, 2.75) is 42.7 Å². The van der Waals surface area contributed by atoms with Crippen LogP contribution in [-0.2, 0) is 23.0 Å². The minimum Gasteiger partial charge on any atom is -0.267 e. The molecule has 0 unspecified atom stereocenters. The molecule has 1 fully saturated rings. The van der Waals surface area contributed by atoms with Gasteiger partial charge in [0.1, 0.15) is 4.90 Å². The van der Waals surface area contributed by atoms with Crippen LogP contribution >= 0.6 is 23.2 Å². The first kappa shape index (κ1) is 20.4. The Morgan fingerprint density at radius 1 is 1.10 bits per heavy atom. The van der Waals surface area contributed by atoms with Gasteiger partial charge in [-0.05, 0) is 48.9 Å². The van der Waals surface area contributed by atoms with Gasteiger partial charge < -0.3 is 0 Å². The van der Waals surface area contributed by atoms with Gasteiger partial charge in [0.15, 0.2) is 0 Å². The van der Waals surface area contributed by atoms with E-state index in [1.165, 1.54) is 6.20 Å². The summed E-state index contributed by atoms with van der Waals surface area (Å²) in [6.45, 7) is 0.516. The molecule has 1 aromatic heterocycles. The molecule has 0 saturated heterocycles. The average Bonchev–Trinajstić information content (AvgIpc) is 3.12. The zero-order valence-corrected chi connectivity index (χ0v) is 18.0. The molecule has 2 aromatic carbocycles. The minimum atomic E-state index is -3.69. The van der Waals surface area contributed by atoms with E-state index < -0.39 is 15.6 Å². The summed E-state index contributed by atoms with van der Waals surface area (Å²) in [4.78, 5) is 0.168. The maximum Gasteiger partial charge on any atom is 0.244 e. The highest BCUT2D eigenvalue weighted by molar-refractivity contribution is 7.89. The molecule has 8 heteroatoms. The first-order valence-corrected chi connectivity index (χ1v) is 11.6. The predicted octanol–water partition coefficient (Wildman–Crippen LogP) is 4.68. The van der Waals surface area contributed by atoms with Crippen molar-refractivity contribution in [3.8, 4) is 0 Å². The van der Waals surface area contributed by atoms with E-state index in [-0.39, 0.29) is 4.90 Å². The number of sulfonamides is 1. The van der Waals surface area contributed by atoms with Gasteiger partial charge >= 0.3 is 0 Å². The second-order valence-electron chi connectivity index (χ2n) is 7.51. The summed E-state index contributed by atoms with van der Waals surface area (Å²) in [5, 5.41) is 5.34. The monoisotopic (exact) mass is 449 g/mol. The zero-order chi connectivity index (χ0) is 20.5. The second-order valence-corrected chi connectivity index (χ2v) is 10.0. The molecule has 5 nitrogen and oxygen atoms in total. The zero-order valence-electron chi connectivity index (χ0n) is 15.7. The minimum absolute atomic E-state index is 0.168. The lowest BCUT2D eigenvalue weighted by Gasteiger charge is -2.42. The number of nitrogens with one attached hydrogen (secondary N) is 1. The van der Waals surface area contributed by atoms with Crippen molar-refractivity contribution in [3.63, 3.8) is 0 Å². The molecule has 1 aliphatic rings. The summed E-state index contributed by atoms with van der Waals surface area (Å²) < 4.78 is 30.6. The lowest BCUT2D eigenvalue weighted by atomic mass is 9.74. The SMILES string of the molecule is O=S(=O)(NC1(Cc2ccc(Cl)cc2Cl)CCC1)c1cnn(Cc2ccccc2)c1. The highest BCUT2D eigenvalue weighted by atomic mass is 35.5. The van der Waals surface area contributed by atoms with E-state index in [1.807, 2.05) is 36.4 Å². The maximum absolute atomic E-state index is 13.0. The van der Waals surface area contributed by atoms with Crippen molar-refractivity contribution in [2.75, 3.05) is 0 Å². The van der Waals surface area contributed by atoms with Crippen LogP contribution in [0.2, 0.25) is 10.0 Å². The van der Waals surface area contributed by atoms with Crippen molar-refractivity contribution >= 4 is 33.2 Å². The fourth-order valence-electron chi connectivity index (χ4n) is 3.63. The van der Waals surface area contributed by atoms with Crippen LogP contribution in [0.5, 0.6) is 0 Å². The Bertz CT molecular complexity index is 1110. The summed E-state index contributed by atoms with van der Waals surface area (Å²) in [6.07, 6.45) is 6.00.